The molecule has 6 heteroatoms. The number of methoxy groups -OCH3 is 2. The Balaban J connectivity index is 1.77. The molecular formula is C36H46O5Si. The van der Waals surface area contributed by atoms with Crippen LogP contribution in [0.2, 0.25) is 5.04 Å². The second kappa shape index (κ2) is 13.0. The minimum atomic E-state index is -2.81. The Morgan fingerprint density at radius 3 is 2.00 bits per heavy atom. The van der Waals surface area contributed by atoms with Gasteiger partial charge in [0.15, 0.2) is 0 Å². The van der Waals surface area contributed by atoms with E-state index in [4.69, 9.17) is 18.6 Å². The highest BCUT2D eigenvalue weighted by molar-refractivity contribution is 6.99. The highest BCUT2D eigenvalue weighted by Crippen LogP contribution is 2.52. The SMILES string of the molecule is C=CCC[C@]1(CO[Si](c2ccccc2)(c2ccccc2)C(C)(C)C)O[C@H]1C(O)c1c(OC)ccc(OC)c1CC(=C)C. The van der Waals surface area contributed by atoms with Gasteiger partial charge in [0, 0.05) is 11.1 Å². The molecule has 1 aliphatic heterocycles. The van der Waals surface area contributed by atoms with Crippen LogP contribution in [0.25, 0.3) is 0 Å². The van der Waals surface area contributed by atoms with Gasteiger partial charge in [-0.05, 0) is 53.7 Å². The Kier molecular flexibility index (Phi) is 9.83. The molecule has 5 nitrogen and oxygen atoms in total. The van der Waals surface area contributed by atoms with Gasteiger partial charge in [-0.15, -0.1) is 6.58 Å². The first-order chi connectivity index (χ1) is 20.0. The number of aliphatic hydroxyl groups excluding tert-OH is 1. The zero-order chi connectivity index (χ0) is 30.5. The molecule has 42 heavy (non-hydrogen) atoms. The van der Waals surface area contributed by atoms with E-state index in [0.29, 0.717) is 36.5 Å². The van der Waals surface area contributed by atoms with E-state index in [2.05, 4.69) is 82.5 Å². The molecular weight excluding hydrogens is 540 g/mol. The normalized spacial score (nSPS) is 19.2. The first-order valence-corrected chi connectivity index (χ1v) is 16.6. The minimum Gasteiger partial charge on any atom is -0.496 e. The van der Waals surface area contributed by atoms with E-state index >= 15 is 0 Å². The monoisotopic (exact) mass is 586 g/mol. The largest absolute Gasteiger partial charge is 0.496 e. The van der Waals surface area contributed by atoms with Crippen LogP contribution in [0.5, 0.6) is 11.5 Å². The molecule has 0 bridgehead atoms. The van der Waals surface area contributed by atoms with Gasteiger partial charge >= 0.3 is 0 Å². The number of hydrogen-bond donors (Lipinski definition) is 1. The summed E-state index contributed by atoms with van der Waals surface area (Å²) < 4.78 is 25.3. The lowest BCUT2D eigenvalue weighted by Gasteiger charge is -2.43. The van der Waals surface area contributed by atoms with Gasteiger partial charge < -0.3 is 23.7 Å². The molecule has 224 valence electrons. The molecule has 1 fully saturated rings. The van der Waals surface area contributed by atoms with Gasteiger partial charge in [0.05, 0.1) is 20.8 Å². The number of allylic oxidation sites excluding steroid dienone is 2. The van der Waals surface area contributed by atoms with Gasteiger partial charge in [-0.3, -0.25) is 0 Å². The Hall–Kier alpha value is -3.16. The fourth-order valence-electron chi connectivity index (χ4n) is 6.25. The molecule has 1 saturated heterocycles. The van der Waals surface area contributed by atoms with Crippen LogP contribution >= 0.6 is 0 Å². The van der Waals surface area contributed by atoms with Crippen molar-refractivity contribution in [3.63, 3.8) is 0 Å². The number of hydrogen-bond acceptors (Lipinski definition) is 5. The molecule has 4 rings (SSSR count). The maximum absolute atomic E-state index is 12.0. The van der Waals surface area contributed by atoms with Crippen molar-refractivity contribution in [1.82, 2.24) is 0 Å². The lowest BCUT2D eigenvalue weighted by Crippen LogP contribution is -2.67. The zero-order valence-corrected chi connectivity index (χ0v) is 27.0. The van der Waals surface area contributed by atoms with Crippen LogP contribution in [0, 0.1) is 0 Å². The number of ether oxygens (including phenoxy) is 3. The van der Waals surface area contributed by atoms with Crippen LogP contribution in [0.4, 0.5) is 0 Å². The van der Waals surface area contributed by atoms with Crippen LogP contribution in [-0.4, -0.2) is 46.0 Å². The van der Waals surface area contributed by atoms with E-state index in [1.807, 2.05) is 37.3 Å². The van der Waals surface area contributed by atoms with E-state index in [1.54, 1.807) is 14.2 Å². The van der Waals surface area contributed by atoms with Crippen molar-refractivity contribution in [1.29, 1.82) is 0 Å². The van der Waals surface area contributed by atoms with Crippen molar-refractivity contribution < 1.29 is 23.7 Å². The van der Waals surface area contributed by atoms with Crippen molar-refractivity contribution in [2.24, 2.45) is 0 Å². The third kappa shape index (κ3) is 6.13. The maximum atomic E-state index is 12.0. The summed E-state index contributed by atoms with van der Waals surface area (Å²) in [6.07, 6.45) is 2.43. The van der Waals surface area contributed by atoms with Gasteiger partial charge in [0.2, 0.25) is 0 Å². The summed E-state index contributed by atoms with van der Waals surface area (Å²) in [5.41, 5.74) is 1.81. The Labute approximate surface area is 252 Å². The summed E-state index contributed by atoms with van der Waals surface area (Å²) in [5.74, 6) is 1.29. The van der Waals surface area contributed by atoms with Gasteiger partial charge in [-0.25, -0.2) is 0 Å². The van der Waals surface area contributed by atoms with Gasteiger partial charge in [0.1, 0.15) is 29.3 Å². The lowest BCUT2D eigenvalue weighted by molar-refractivity contribution is 0.131. The van der Waals surface area contributed by atoms with E-state index in [1.165, 1.54) is 10.4 Å². The number of rotatable bonds is 14. The predicted octanol–water partition coefficient (Wildman–Crippen LogP) is 6.54. The molecule has 0 saturated carbocycles. The standard InChI is InChI=1S/C36H46O5Si/c1-9-10-23-36(34(41-36)33(37)32-29(24-26(2)3)30(38-7)21-22-31(32)39-8)25-40-42(35(4,5)6,27-17-13-11-14-18-27)28-19-15-12-16-20-28/h9,11-22,33-34,37H,1-2,10,23-25H2,3-8H3/t33?,34-,36+/m0/s1. The summed E-state index contributed by atoms with van der Waals surface area (Å²) in [6.45, 7) is 17.2. The number of epoxide rings is 1. The minimum absolute atomic E-state index is 0.178. The quantitative estimate of drug-likeness (QED) is 0.132. The maximum Gasteiger partial charge on any atom is 0.261 e. The van der Waals surface area contributed by atoms with Crippen LogP contribution in [0.15, 0.2) is 97.6 Å². The molecule has 1 heterocycles. The van der Waals surface area contributed by atoms with Crippen molar-refractivity contribution in [2.75, 3.05) is 20.8 Å². The summed E-state index contributed by atoms with van der Waals surface area (Å²) in [7, 11) is 0.446. The van der Waals surface area contributed by atoms with Gasteiger partial charge in [-0.2, -0.15) is 0 Å². The summed E-state index contributed by atoms with van der Waals surface area (Å²) in [6, 6.07) is 24.9. The second-order valence-corrected chi connectivity index (χ2v) is 16.6. The Morgan fingerprint density at radius 1 is 0.976 bits per heavy atom. The third-order valence-electron chi connectivity index (χ3n) is 8.32. The van der Waals surface area contributed by atoms with Gasteiger partial charge in [-0.1, -0.05) is 99.7 Å². The van der Waals surface area contributed by atoms with Crippen LogP contribution in [-0.2, 0) is 15.6 Å². The molecule has 3 aromatic rings. The number of aliphatic hydroxyl groups is 1. The zero-order valence-electron chi connectivity index (χ0n) is 26.0. The second-order valence-electron chi connectivity index (χ2n) is 12.3. The predicted molar refractivity (Wildman–Crippen MR) is 174 cm³/mol. The molecule has 0 spiro atoms. The third-order valence-corrected chi connectivity index (χ3v) is 13.3. The highest BCUT2D eigenvalue weighted by atomic mass is 28.4. The molecule has 1 N–H and O–H groups in total. The first kappa shape index (κ1) is 31.8. The first-order valence-electron chi connectivity index (χ1n) is 14.6. The number of benzene rings is 3. The van der Waals surface area contributed by atoms with Crippen molar-refractivity contribution in [2.45, 2.75) is 69.8 Å². The molecule has 3 atom stereocenters. The molecule has 1 unspecified atom stereocenters. The Morgan fingerprint density at radius 2 is 1.52 bits per heavy atom. The van der Waals surface area contributed by atoms with E-state index in [0.717, 1.165) is 17.6 Å². The molecule has 3 aromatic carbocycles. The topological polar surface area (TPSA) is 60.5 Å². The van der Waals surface area contributed by atoms with E-state index < -0.39 is 26.1 Å². The van der Waals surface area contributed by atoms with Crippen LogP contribution < -0.4 is 19.8 Å². The molecule has 1 aliphatic rings. The fraction of sp³-hybridized carbons (Fsp3) is 0.389. The molecule has 0 radical (unpaired) electrons. The van der Waals surface area contributed by atoms with Crippen LogP contribution in [0.1, 0.15) is 57.8 Å². The summed E-state index contributed by atoms with van der Waals surface area (Å²) >= 11 is 0. The van der Waals surface area contributed by atoms with E-state index in [-0.39, 0.29) is 5.04 Å². The molecule has 0 aromatic heterocycles. The van der Waals surface area contributed by atoms with Crippen LogP contribution in [0.3, 0.4) is 0 Å². The van der Waals surface area contributed by atoms with Crippen molar-refractivity contribution in [3.8, 4) is 11.5 Å². The van der Waals surface area contributed by atoms with Crippen molar-refractivity contribution in [3.05, 3.63) is 109 Å². The average Bonchev–Trinajstić information content (AvgIpc) is 3.70. The average molecular weight is 587 g/mol. The molecule has 0 amide bonds. The smallest absolute Gasteiger partial charge is 0.261 e. The van der Waals surface area contributed by atoms with Crippen molar-refractivity contribution >= 4 is 18.7 Å². The summed E-state index contributed by atoms with van der Waals surface area (Å²) in [5, 5.41) is 14.2. The summed E-state index contributed by atoms with van der Waals surface area (Å²) in [4.78, 5) is 0. The van der Waals surface area contributed by atoms with E-state index in [9.17, 15) is 5.11 Å². The lowest BCUT2D eigenvalue weighted by atomic mass is 9.89. The highest BCUT2D eigenvalue weighted by Gasteiger charge is 2.62. The van der Waals surface area contributed by atoms with Gasteiger partial charge in [0.25, 0.3) is 8.32 Å². The molecule has 0 aliphatic carbocycles. The Bertz CT molecular complexity index is 1330. The fourth-order valence-corrected chi connectivity index (χ4v) is 10.9.